The molecule has 0 aliphatic carbocycles. The zero-order chi connectivity index (χ0) is 25.5. The summed E-state index contributed by atoms with van der Waals surface area (Å²) < 4.78 is 44.4. The predicted molar refractivity (Wildman–Crippen MR) is 122 cm³/mol. The molecule has 194 valence electrons. The molecule has 0 amide bonds. The average molecular weight is 487 g/mol. The van der Waals surface area contributed by atoms with Gasteiger partial charge in [-0.15, -0.1) is 0 Å². The van der Waals surface area contributed by atoms with Crippen LogP contribution in [0.15, 0.2) is 24.3 Å². The molecule has 1 aromatic carbocycles. The highest BCUT2D eigenvalue weighted by Crippen LogP contribution is 2.24. The molecule has 0 atom stereocenters. The summed E-state index contributed by atoms with van der Waals surface area (Å²) in [5.74, 6) is -5.22. The Balaban J connectivity index is 3.25. The first-order valence-electron chi connectivity index (χ1n) is 11.6. The molecule has 1 rings (SSSR count). The summed E-state index contributed by atoms with van der Waals surface area (Å²) >= 11 is 0. The number of ether oxygens (including phenoxy) is 8. The minimum atomic E-state index is -1.76. The Morgan fingerprint density at radius 3 is 1.18 bits per heavy atom. The van der Waals surface area contributed by atoms with Crippen molar-refractivity contribution in [1.82, 2.24) is 0 Å². The Morgan fingerprint density at radius 1 is 0.588 bits per heavy atom. The first kappa shape index (κ1) is 30.0. The van der Waals surface area contributed by atoms with E-state index >= 15 is 0 Å². The van der Waals surface area contributed by atoms with Crippen LogP contribution in [0.3, 0.4) is 0 Å². The van der Waals surface area contributed by atoms with Gasteiger partial charge in [0.1, 0.15) is 13.2 Å². The number of hydrogen-bond acceptors (Lipinski definition) is 10. The standard InChI is InChI=1S/C24H38O10/c1-7-27-17-23(29-9-3,30-10-4)33-21(25)19-15-13-14-16-20(19)22(26)34-24(31-11-5,32-12-6)18-28-8-2/h13-16H,7-12,17-18H2,1-6H3. The highest BCUT2D eigenvalue weighted by Gasteiger charge is 2.41. The molecule has 0 fully saturated rings. The van der Waals surface area contributed by atoms with Crippen LogP contribution in [0, 0.1) is 0 Å². The molecular weight excluding hydrogens is 448 g/mol. The first-order valence-corrected chi connectivity index (χ1v) is 11.6. The lowest BCUT2D eigenvalue weighted by Gasteiger charge is -2.32. The summed E-state index contributed by atoms with van der Waals surface area (Å²) in [5.41, 5.74) is -0.0998. The van der Waals surface area contributed by atoms with Gasteiger partial charge in [0, 0.05) is 13.2 Å². The topological polar surface area (TPSA) is 108 Å². The lowest BCUT2D eigenvalue weighted by molar-refractivity contribution is -0.369. The van der Waals surface area contributed by atoms with Gasteiger partial charge in [-0.25, -0.2) is 9.59 Å². The second-order valence-electron chi connectivity index (χ2n) is 6.70. The van der Waals surface area contributed by atoms with E-state index < -0.39 is 23.9 Å². The molecule has 10 nitrogen and oxygen atoms in total. The predicted octanol–water partition coefficient (Wildman–Crippen LogP) is 3.53. The number of carbonyl (C=O) groups excluding carboxylic acids is 2. The van der Waals surface area contributed by atoms with Crippen molar-refractivity contribution in [2.24, 2.45) is 0 Å². The van der Waals surface area contributed by atoms with Crippen molar-refractivity contribution in [3.8, 4) is 0 Å². The van der Waals surface area contributed by atoms with Gasteiger partial charge < -0.3 is 37.9 Å². The van der Waals surface area contributed by atoms with Gasteiger partial charge in [0.25, 0.3) is 0 Å². The number of hydrogen-bond donors (Lipinski definition) is 0. The lowest BCUT2D eigenvalue weighted by atomic mass is 10.1. The van der Waals surface area contributed by atoms with Crippen molar-refractivity contribution in [3.05, 3.63) is 35.4 Å². The van der Waals surface area contributed by atoms with Crippen LogP contribution in [-0.2, 0) is 37.9 Å². The largest absolute Gasteiger partial charge is 0.402 e. The molecule has 0 aliphatic heterocycles. The smallest absolute Gasteiger partial charge is 0.354 e. The molecule has 0 heterocycles. The van der Waals surface area contributed by atoms with E-state index in [0.29, 0.717) is 13.2 Å². The van der Waals surface area contributed by atoms with Crippen LogP contribution in [0.4, 0.5) is 0 Å². The second-order valence-corrected chi connectivity index (χ2v) is 6.70. The van der Waals surface area contributed by atoms with E-state index in [1.54, 1.807) is 53.7 Å². The molecule has 0 radical (unpaired) electrons. The third-order valence-corrected chi connectivity index (χ3v) is 4.29. The zero-order valence-electron chi connectivity index (χ0n) is 21.0. The van der Waals surface area contributed by atoms with Crippen LogP contribution in [-0.4, -0.2) is 76.7 Å². The molecule has 34 heavy (non-hydrogen) atoms. The highest BCUT2D eigenvalue weighted by molar-refractivity contribution is 6.03. The molecule has 10 heteroatoms. The Kier molecular flexibility index (Phi) is 13.9. The summed E-state index contributed by atoms with van der Waals surface area (Å²) in [6.07, 6.45) is 0. The molecule has 0 aromatic heterocycles. The fourth-order valence-electron chi connectivity index (χ4n) is 2.99. The Hall–Kier alpha value is -2.08. The monoisotopic (exact) mass is 486 g/mol. The molecule has 0 saturated carbocycles. The fraction of sp³-hybridized carbons (Fsp3) is 0.667. The van der Waals surface area contributed by atoms with Crippen LogP contribution in [0.25, 0.3) is 0 Å². The molecule has 0 saturated heterocycles. The van der Waals surface area contributed by atoms with Crippen molar-refractivity contribution in [2.45, 2.75) is 53.5 Å². The molecule has 1 aromatic rings. The quantitative estimate of drug-likeness (QED) is 0.226. The van der Waals surface area contributed by atoms with Gasteiger partial charge in [-0.1, -0.05) is 12.1 Å². The van der Waals surface area contributed by atoms with E-state index in [1.165, 1.54) is 12.1 Å². The molecule has 0 bridgehead atoms. The molecule has 0 spiro atoms. The van der Waals surface area contributed by atoms with E-state index in [9.17, 15) is 9.59 Å². The molecule has 0 aliphatic rings. The maximum absolute atomic E-state index is 13.2. The fourth-order valence-corrected chi connectivity index (χ4v) is 2.99. The first-order chi connectivity index (χ1) is 16.4. The van der Waals surface area contributed by atoms with Crippen molar-refractivity contribution < 1.29 is 47.5 Å². The third kappa shape index (κ3) is 8.94. The molecule has 0 N–H and O–H groups in total. The Labute approximate surface area is 201 Å². The van der Waals surface area contributed by atoms with Crippen LogP contribution in [0.1, 0.15) is 62.3 Å². The van der Waals surface area contributed by atoms with Crippen LogP contribution in [0.2, 0.25) is 0 Å². The number of rotatable bonds is 18. The average Bonchev–Trinajstić information content (AvgIpc) is 2.82. The third-order valence-electron chi connectivity index (χ3n) is 4.29. The van der Waals surface area contributed by atoms with E-state index in [4.69, 9.17) is 37.9 Å². The summed E-state index contributed by atoms with van der Waals surface area (Å²) in [6.45, 7) is 11.8. The minimum absolute atomic E-state index is 0.0499. The van der Waals surface area contributed by atoms with Crippen LogP contribution in [0.5, 0.6) is 0 Å². The Bertz CT molecular complexity index is 663. The van der Waals surface area contributed by atoms with Gasteiger partial charge >= 0.3 is 23.9 Å². The van der Waals surface area contributed by atoms with E-state index in [2.05, 4.69) is 0 Å². The zero-order valence-corrected chi connectivity index (χ0v) is 21.0. The number of carbonyl (C=O) groups is 2. The Morgan fingerprint density at radius 2 is 0.912 bits per heavy atom. The number of benzene rings is 1. The van der Waals surface area contributed by atoms with Crippen LogP contribution < -0.4 is 0 Å². The SMILES string of the molecule is CCOCC(OCC)(OCC)OC(=O)c1ccccc1C(=O)OC(COCC)(OCC)OCC. The minimum Gasteiger partial charge on any atom is -0.402 e. The van der Waals surface area contributed by atoms with Gasteiger partial charge in [-0.2, -0.15) is 0 Å². The van der Waals surface area contributed by atoms with Gasteiger partial charge in [-0.3, -0.25) is 0 Å². The summed E-state index contributed by atoms with van der Waals surface area (Å²) in [5, 5.41) is 0. The molecule has 0 unspecified atom stereocenters. The summed E-state index contributed by atoms with van der Waals surface area (Å²) in [6, 6.07) is 6.07. The highest BCUT2D eigenvalue weighted by atomic mass is 16.9. The van der Waals surface area contributed by atoms with Crippen molar-refractivity contribution >= 4 is 11.9 Å². The van der Waals surface area contributed by atoms with Gasteiger partial charge in [0.05, 0.1) is 37.6 Å². The lowest BCUT2D eigenvalue weighted by Crippen LogP contribution is -2.46. The van der Waals surface area contributed by atoms with Gasteiger partial charge in [-0.05, 0) is 53.7 Å². The normalized spacial score (nSPS) is 11.9. The number of esters is 2. The van der Waals surface area contributed by atoms with E-state index in [0.717, 1.165) is 0 Å². The van der Waals surface area contributed by atoms with E-state index in [-0.39, 0.29) is 50.8 Å². The van der Waals surface area contributed by atoms with Crippen molar-refractivity contribution in [1.29, 1.82) is 0 Å². The van der Waals surface area contributed by atoms with Gasteiger partial charge in [0.2, 0.25) is 0 Å². The maximum Gasteiger partial charge on any atom is 0.354 e. The van der Waals surface area contributed by atoms with Gasteiger partial charge in [0.15, 0.2) is 0 Å². The second kappa shape index (κ2) is 15.8. The van der Waals surface area contributed by atoms with Crippen molar-refractivity contribution in [2.75, 3.05) is 52.9 Å². The summed E-state index contributed by atoms with van der Waals surface area (Å²) in [4.78, 5) is 26.3. The van der Waals surface area contributed by atoms with E-state index in [1.807, 2.05) is 0 Å². The molecular formula is C24H38O10. The maximum atomic E-state index is 13.2. The van der Waals surface area contributed by atoms with Crippen molar-refractivity contribution in [3.63, 3.8) is 0 Å². The van der Waals surface area contributed by atoms with Crippen LogP contribution >= 0.6 is 0 Å². The summed E-state index contributed by atoms with van der Waals surface area (Å²) in [7, 11) is 0.